The molecule has 170 valence electrons. The summed E-state index contributed by atoms with van der Waals surface area (Å²) < 4.78 is 0. The zero-order valence-corrected chi connectivity index (χ0v) is 19.1. The second-order valence-corrected chi connectivity index (χ2v) is 8.21. The van der Waals surface area contributed by atoms with Crippen molar-refractivity contribution in [1.82, 2.24) is 5.32 Å². The molecule has 0 saturated heterocycles. The molecule has 0 spiro atoms. The van der Waals surface area contributed by atoms with Gasteiger partial charge in [0.15, 0.2) is 5.78 Å². The number of amides is 1. The highest BCUT2D eigenvalue weighted by Crippen LogP contribution is 2.31. The number of halogens is 1. The number of hydrogen-bond acceptors (Lipinski definition) is 4. The van der Waals surface area contributed by atoms with Gasteiger partial charge in [0.1, 0.15) is 5.60 Å². The lowest BCUT2D eigenvalue weighted by Gasteiger charge is -2.39. The lowest BCUT2D eigenvalue weighted by Crippen LogP contribution is -2.61. The Labute approximate surface area is 198 Å². The van der Waals surface area contributed by atoms with Crippen LogP contribution in [0, 0.1) is 0 Å². The molecule has 0 bridgehead atoms. The summed E-state index contributed by atoms with van der Waals surface area (Å²) in [5, 5.41) is 15.1. The second-order valence-electron chi connectivity index (χ2n) is 7.77. The summed E-state index contributed by atoms with van der Waals surface area (Å²) in [6.07, 6.45) is 3.20. The van der Waals surface area contributed by atoms with E-state index >= 15 is 0 Å². The van der Waals surface area contributed by atoms with E-state index in [4.69, 9.17) is 17.3 Å². The quantitative estimate of drug-likeness (QED) is 0.325. The van der Waals surface area contributed by atoms with E-state index in [1.165, 1.54) is 6.08 Å². The smallest absolute Gasteiger partial charge is 0.244 e. The normalized spacial score (nSPS) is 14.9. The van der Waals surface area contributed by atoms with Gasteiger partial charge in [-0.3, -0.25) is 9.59 Å². The van der Waals surface area contributed by atoms with E-state index in [-0.39, 0.29) is 12.2 Å². The lowest BCUT2D eigenvalue weighted by molar-refractivity contribution is -0.120. The third-order valence-electron chi connectivity index (χ3n) is 5.64. The number of nitrogens with one attached hydrogen (secondary N) is 1. The molecule has 1 amide bonds. The highest BCUT2D eigenvalue weighted by Gasteiger charge is 2.43. The van der Waals surface area contributed by atoms with Gasteiger partial charge in [-0.15, -0.1) is 0 Å². The van der Waals surface area contributed by atoms with Crippen LogP contribution in [0.4, 0.5) is 0 Å². The summed E-state index contributed by atoms with van der Waals surface area (Å²) in [6.45, 7) is 1.79. The molecule has 3 unspecified atom stereocenters. The maximum atomic E-state index is 13.2. The number of carbonyl (C=O) groups excluding carboxylic acids is 2. The Morgan fingerprint density at radius 2 is 1.58 bits per heavy atom. The molecule has 0 heterocycles. The summed E-state index contributed by atoms with van der Waals surface area (Å²) in [4.78, 5) is 26.0. The van der Waals surface area contributed by atoms with Crippen LogP contribution in [-0.4, -0.2) is 28.9 Å². The first kappa shape index (κ1) is 24.4. The van der Waals surface area contributed by atoms with Gasteiger partial charge in [0, 0.05) is 16.7 Å². The fourth-order valence-corrected chi connectivity index (χ4v) is 3.86. The van der Waals surface area contributed by atoms with Crippen LogP contribution in [0.5, 0.6) is 0 Å². The Hall–Kier alpha value is -3.25. The molecule has 0 aliphatic carbocycles. The van der Waals surface area contributed by atoms with Crippen LogP contribution in [0.2, 0.25) is 5.02 Å². The molecule has 3 aromatic rings. The van der Waals surface area contributed by atoms with E-state index in [0.717, 1.165) is 5.56 Å². The number of rotatable bonds is 9. The highest BCUT2D eigenvalue weighted by molar-refractivity contribution is 6.30. The van der Waals surface area contributed by atoms with Crippen LogP contribution >= 0.6 is 11.6 Å². The first-order valence-corrected chi connectivity index (χ1v) is 11.1. The van der Waals surface area contributed by atoms with Crippen molar-refractivity contribution in [1.29, 1.82) is 0 Å². The Balaban J connectivity index is 1.93. The number of benzene rings is 3. The van der Waals surface area contributed by atoms with Gasteiger partial charge >= 0.3 is 0 Å². The molecule has 4 N–H and O–H groups in total. The fourth-order valence-electron chi connectivity index (χ4n) is 3.73. The standard InChI is InChI=1S/C27H27ClN2O3/c1-2-27(33,21-11-7-4-8-12-21)26(24(29)25(32)20-9-5-3-6-10-20)30-23(31)18-15-19-13-16-22(28)17-14-19/h3-18,24,26,33H,2,29H2,1H3,(H,30,31). The van der Waals surface area contributed by atoms with E-state index in [1.807, 2.05) is 6.07 Å². The molecule has 0 aromatic heterocycles. The monoisotopic (exact) mass is 462 g/mol. The first-order chi connectivity index (χ1) is 15.8. The number of nitrogens with two attached hydrogens (primary N) is 1. The molecule has 5 nitrogen and oxygen atoms in total. The van der Waals surface area contributed by atoms with Crippen LogP contribution < -0.4 is 11.1 Å². The Morgan fingerprint density at radius 1 is 1.00 bits per heavy atom. The second kappa shape index (κ2) is 11.1. The van der Waals surface area contributed by atoms with Gasteiger partial charge in [0.2, 0.25) is 5.91 Å². The molecular formula is C27H27ClN2O3. The van der Waals surface area contributed by atoms with Crippen molar-refractivity contribution < 1.29 is 14.7 Å². The maximum absolute atomic E-state index is 13.2. The van der Waals surface area contributed by atoms with E-state index in [1.54, 1.807) is 91.9 Å². The Bertz CT molecular complexity index is 1100. The maximum Gasteiger partial charge on any atom is 0.244 e. The summed E-state index contributed by atoms with van der Waals surface area (Å²) in [5.74, 6) is -0.848. The molecule has 0 saturated carbocycles. The average molecular weight is 463 g/mol. The van der Waals surface area contributed by atoms with E-state index in [0.29, 0.717) is 16.1 Å². The highest BCUT2D eigenvalue weighted by atomic mass is 35.5. The molecule has 0 radical (unpaired) electrons. The minimum absolute atomic E-state index is 0.235. The van der Waals surface area contributed by atoms with Crippen LogP contribution in [0.3, 0.4) is 0 Å². The minimum atomic E-state index is -1.56. The fraction of sp³-hybridized carbons (Fsp3) is 0.185. The Morgan fingerprint density at radius 3 is 2.15 bits per heavy atom. The van der Waals surface area contributed by atoms with Gasteiger partial charge in [-0.1, -0.05) is 91.3 Å². The Kier molecular flexibility index (Phi) is 8.17. The molecule has 0 fully saturated rings. The third kappa shape index (κ3) is 5.96. The number of ketones is 1. The minimum Gasteiger partial charge on any atom is -0.383 e. The first-order valence-electron chi connectivity index (χ1n) is 10.7. The SMILES string of the molecule is CCC(O)(c1ccccc1)C(NC(=O)C=Cc1ccc(Cl)cc1)C(N)C(=O)c1ccccc1. The van der Waals surface area contributed by atoms with Gasteiger partial charge in [0.25, 0.3) is 0 Å². The van der Waals surface area contributed by atoms with E-state index in [2.05, 4.69) is 5.32 Å². The topological polar surface area (TPSA) is 92.4 Å². The third-order valence-corrected chi connectivity index (χ3v) is 5.89. The van der Waals surface area contributed by atoms with E-state index < -0.39 is 23.6 Å². The molecule has 6 heteroatoms. The molecule has 0 aliphatic rings. The molecule has 33 heavy (non-hydrogen) atoms. The van der Waals surface area contributed by atoms with Crippen LogP contribution in [0.15, 0.2) is 91.0 Å². The summed E-state index contributed by atoms with van der Waals surface area (Å²) >= 11 is 5.91. The summed E-state index contributed by atoms with van der Waals surface area (Å²) in [6, 6.07) is 22.3. The number of Topliss-reactive ketones (excluding diaryl/α,β-unsaturated/α-hetero) is 1. The van der Waals surface area contributed by atoms with Gasteiger partial charge in [-0.2, -0.15) is 0 Å². The van der Waals surface area contributed by atoms with Crippen molar-refractivity contribution in [2.75, 3.05) is 0 Å². The van der Waals surface area contributed by atoms with Gasteiger partial charge < -0.3 is 16.2 Å². The van der Waals surface area contributed by atoms with E-state index in [9.17, 15) is 14.7 Å². The van der Waals surface area contributed by atoms with Crippen molar-refractivity contribution in [3.05, 3.63) is 113 Å². The van der Waals surface area contributed by atoms with Gasteiger partial charge in [-0.05, 0) is 35.8 Å². The molecular weight excluding hydrogens is 436 g/mol. The zero-order chi connectivity index (χ0) is 23.8. The predicted octanol–water partition coefficient (Wildman–Crippen LogP) is 4.35. The van der Waals surface area contributed by atoms with Crippen molar-refractivity contribution in [2.45, 2.75) is 31.0 Å². The lowest BCUT2D eigenvalue weighted by atomic mass is 9.78. The number of carbonyl (C=O) groups is 2. The van der Waals surface area contributed by atoms with Crippen molar-refractivity contribution in [2.24, 2.45) is 5.73 Å². The van der Waals surface area contributed by atoms with Crippen LogP contribution in [0.1, 0.15) is 34.8 Å². The molecule has 3 atom stereocenters. The predicted molar refractivity (Wildman–Crippen MR) is 132 cm³/mol. The average Bonchev–Trinajstić information content (AvgIpc) is 2.86. The van der Waals surface area contributed by atoms with Crippen LogP contribution in [0.25, 0.3) is 6.08 Å². The molecule has 3 aromatic carbocycles. The molecule has 3 rings (SSSR count). The largest absolute Gasteiger partial charge is 0.383 e. The van der Waals surface area contributed by atoms with Gasteiger partial charge in [0.05, 0.1) is 12.1 Å². The van der Waals surface area contributed by atoms with Gasteiger partial charge in [-0.25, -0.2) is 0 Å². The number of aliphatic hydroxyl groups is 1. The summed E-state index contributed by atoms with van der Waals surface area (Å²) in [5.41, 5.74) is 6.60. The van der Waals surface area contributed by atoms with Crippen molar-refractivity contribution >= 4 is 29.4 Å². The summed E-state index contributed by atoms with van der Waals surface area (Å²) in [7, 11) is 0. The zero-order valence-electron chi connectivity index (χ0n) is 18.3. The molecule has 0 aliphatic heterocycles. The number of hydrogen-bond donors (Lipinski definition) is 3. The van der Waals surface area contributed by atoms with Crippen LogP contribution in [-0.2, 0) is 10.4 Å². The van der Waals surface area contributed by atoms with Crippen molar-refractivity contribution in [3.8, 4) is 0 Å². The van der Waals surface area contributed by atoms with Crippen molar-refractivity contribution in [3.63, 3.8) is 0 Å².